The van der Waals surface area contributed by atoms with E-state index in [1.54, 1.807) is 31.3 Å². The Kier molecular flexibility index (Phi) is 9.57. The van der Waals surface area contributed by atoms with Crippen molar-refractivity contribution in [2.45, 2.75) is 65.3 Å². The van der Waals surface area contributed by atoms with Gasteiger partial charge in [-0.3, -0.25) is 33.9 Å². The Balaban J connectivity index is 2.09. The van der Waals surface area contributed by atoms with Crippen molar-refractivity contribution in [1.29, 1.82) is 0 Å². The lowest BCUT2D eigenvalue weighted by Gasteiger charge is -2.46. The number of allylic oxidation sites excluding steroid dienone is 1. The molecule has 5 atom stereocenters. The number of nitrogens with zero attached hydrogens (tertiary/aromatic N) is 2. The van der Waals surface area contributed by atoms with Crippen molar-refractivity contribution in [2.75, 3.05) is 6.61 Å². The number of hydrogen-bond acceptors (Lipinski definition) is 13. The molecule has 0 unspecified atom stereocenters. The van der Waals surface area contributed by atoms with Crippen LogP contribution in [0.15, 0.2) is 29.3 Å². The number of thiocarbonyl (C=S) groups is 1. The number of rotatable bonds is 7. The fourth-order valence-corrected chi connectivity index (χ4v) is 5.28. The van der Waals surface area contributed by atoms with Gasteiger partial charge in [0.2, 0.25) is 0 Å². The second kappa shape index (κ2) is 12.5. The second-order valence-corrected chi connectivity index (χ2v) is 9.95. The molecule has 0 saturated carbocycles. The van der Waals surface area contributed by atoms with Gasteiger partial charge in [-0.15, -0.1) is 0 Å². The van der Waals surface area contributed by atoms with Crippen LogP contribution in [0, 0.1) is 0 Å². The number of carbonyl (C=O) groups excluding carboxylic acids is 5. The highest BCUT2D eigenvalue weighted by molar-refractivity contribution is 8.26. The Morgan fingerprint density at radius 2 is 1.55 bits per heavy atom. The molecule has 38 heavy (non-hydrogen) atoms. The fraction of sp³-hybridized carbons (Fsp3) is 0.458. The minimum Gasteiger partial charge on any atom is -0.463 e. The Bertz CT molecular complexity index is 1170. The minimum absolute atomic E-state index is 0.0705. The molecule has 12 nitrogen and oxygen atoms in total. The normalized spacial score (nSPS) is 26.4. The number of ether oxygens (including phenoxy) is 5. The summed E-state index contributed by atoms with van der Waals surface area (Å²) in [6.07, 6.45) is -5.28. The highest BCUT2D eigenvalue weighted by Crippen LogP contribution is 2.41. The molecule has 14 heteroatoms. The SMILES string of the molecule is CC(=O)OC[C@@H]1O[C@@H](N2C(=O)/C(=C(/C)c3ccccn3)SC2=S)[C@H](OC(C)=O)[C@H](OC(C)=O)[C@@H]1OC(C)=O. The number of carbonyl (C=O) groups is 5. The van der Waals surface area contributed by atoms with Crippen molar-refractivity contribution in [3.8, 4) is 0 Å². The molecule has 0 aliphatic carbocycles. The van der Waals surface area contributed by atoms with Crippen LogP contribution < -0.4 is 0 Å². The quantitative estimate of drug-likeness (QED) is 0.204. The van der Waals surface area contributed by atoms with Gasteiger partial charge in [0.1, 0.15) is 12.7 Å². The lowest BCUT2D eigenvalue weighted by Crippen LogP contribution is -2.66. The molecule has 3 rings (SSSR count). The summed E-state index contributed by atoms with van der Waals surface area (Å²) in [4.78, 5) is 66.9. The van der Waals surface area contributed by atoms with Crippen molar-refractivity contribution >= 4 is 63.7 Å². The summed E-state index contributed by atoms with van der Waals surface area (Å²) in [5, 5.41) is 0. The van der Waals surface area contributed by atoms with E-state index in [4.69, 9.17) is 35.9 Å². The third-order valence-electron chi connectivity index (χ3n) is 5.41. The monoisotopic (exact) mass is 566 g/mol. The van der Waals surface area contributed by atoms with E-state index in [0.717, 1.165) is 37.4 Å². The molecule has 204 valence electrons. The van der Waals surface area contributed by atoms with Crippen LogP contribution in [0.3, 0.4) is 0 Å². The molecule has 0 N–H and O–H groups in total. The molecule has 0 spiro atoms. The number of esters is 4. The van der Waals surface area contributed by atoms with E-state index in [0.29, 0.717) is 11.3 Å². The summed E-state index contributed by atoms with van der Waals surface area (Å²) in [5.74, 6) is -3.55. The van der Waals surface area contributed by atoms with Crippen LogP contribution >= 0.6 is 24.0 Å². The standard InChI is InChI=1S/C24H26N2O10S2/c1-11(16-8-6-7-9-25-16)21-22(31)26(24(37)38-21)23-20(35-15(5)30)19(34-14(4)29)18(33-13(3)28)17(36-23)10-32-12(2)27/h6-9,17-20,23H,10H2,1-5H3/b21-11+/t17-,18+,19+,20+,23+/m0/s1. The molecule has 2 saturated heterocycles. The molecule has 2 fully saturated rings. The second-order valence-electron chi connectivity index (χ2n) is 8.30. The van der Waals surface area contributed by atoms with Gasteiger partial charge in [-0.1, -0.05) is 30.0 Å². The smallest absolute Gasteiger partial charge is 0.303 e. The largest absolute Gasteiger partial charge is 0.463 e. The van der Waals surface area contributed by atoms with Gasteiger partial charge in [-0.25, -0.2) is 0 Å². The summed E-state index contributed by atoms with van der Waals surface area (Å²) < 4.78 is 27.5. The summed E-state index contributed by atoms with van der Waals surface area (Å²) in [5.41, 5.74) is 1.10. The van der Waals surface area contributed by atoms with Gasteiger partial charge < -0.3 is 23.7 Å². The lowest BCUT2D eigenvalue weighted by molar-refractivity contribution is -0.268. The van der Waals surface area contributed by atoms with Crippen LogP contribution in [-0.2, 0) is 47.7 Å². The maximum Gasteiger partial charge on any atom is 0.303 e. The molecule has 0 radical (unpaired) electrons. The van der Waals surface area contributed by atoms with Gasteiger partial charge in [0.15, 0.2) is 28.9 Å². The van der Waals surface area contributed by atoms with Crippen molar-refractivity contribution in [3.05, 3.63) is 35.0 Å². The first-order chi connectivity index (χ1) is 17.9. The minimum atomic E-state index is -1.45. The van der Waals surface area contributed by atoms with E-state index in [-0.39, 0.29) is 9.23 Å². The van der Waals surface area contributed by atoms with Crippen LogP contribution in [0.4, 0.5) is 0 Å². The number of amides is 1. The first kappa shape index (κ1) is 29.2. The van der Waals surface area contributed by atoms with E-state index < -0.39 is 67.0 Å². The molecule has 2 aliphatic heterocycles. The van der Waals surface area contributed by atoms with E-state index in [2.05, 4.69) is 4.98 Å². The molecular weight excluding hydrogens is 540 g/mol. The predicted octanol–water partition coefficient (Wildman–Crippen LogP) is 1.76. The Hall–Kier alpha value is -3.36. The Labute approximate surface area is 228 Å². The highest BCUT2D eigenvalue weighted by Gasteiger charge is 2.56. The zero-order chi connectivity index (χ0) is 28.1. The topological polar surface area (TPSA) is 148 Å². The summed E-state index contributed by atoms with van der Waals surface area (Å²) >= 11 is 6.49. The Morgan fingerprint density at radius 1 is 0.947 bits per heavy atom. The highest BCUT2D eigenvalue weighted by atomic mass is 32.2. The molecule has 1 aromatic rings. The van der Waals surface area contributed by atoms with E-state index in [9.17, 15) is 24.0 Å². The van der Waals surface area contributed by atoms with Gasteiger partial charge in [-0.2, -0.15) is 0 Å². The molecule has 0 aromatic carbocycles. The zero-order valence-electron chi connectivity index (χ0n) is 21.2. The average Bonchev–Trinajstić information content (AvgIpc) is 3.13. The number of pyridine rings is 1. The van der Waals surface area contributed by atoms with Crippen LogP contribution in [0.5, 0.6) is 0 Å². The van der Waals surface area contributed by atoms with Gasteiger partial charge in [-0.05, 0) is 24.6 Å². The van der Waals surface area contributed by atoms with Crippen molar-refractivity contribution < 1.29 is 47.7 Å². The Morgan fingerprint density at radius 3 is 2.11 bits per heavy atom. The summed E-state index contributed by atoms with van der Waals surface area (Å²) in [6.45, 7) is 5.80. The van der Waals surface area contributed by atoms with Gasteiger partial charge in [0.25, 0.3) is 5.91 Å². The summed E-state index contributed by atoms with van der Waals surface area (Å²) in [7, 11) is 0. The molecule has 1 amide bonds. The van der Waals surface area contributed by atoms with Gasteiger partial charge in [0, 0.05) is 33.9 Å². The van der Waals surface area contributed by atoms with Crippen molar-refractivity contribution in [2.24, 2.45) is 0 Å². The molecule has 0 bridgehead atoms. The van der Waals surface area contributed by atoms with Crippen molar-refractivity contribution in [1.82, 2.24) is 9.88 Å². The molecule has 2 aliphatic rings. The number of thioether (sulfide) groups is 1. The van der Waals surface area contributed by atoms with Gasteiger partial charge in [0.05, 0.1) is 10.6 Å². The van der Waals surface area contributed by atoms with E-state index >= 15 is 0 Å². The predicted molar refractivity (Wildman–Crippen MR) is 136 cm³/mol. The van der Waals surface area contributed by atoms with Crippen LogP contribution in [-0.4, -0.2) is 81.2 Å². The van der Waals surface area contributed by atoms with E-state index in [1.807, 2.05) is 0 Å². The maximum atomic E-state index is 13.7. The van der Waals surface area contributed by atoms with E-state index in [1.165, 1.54) is 6.92 Å². The zero-order valence-corrected chi connectivity index (χ0v) is 22.8. The van der Waals surface area contributed by atoms with Crippen LogP contribution in [0.1, 0.15) is 40.3 Å². The first-order valence-electron chi connectivity index (χ1n) is 11.4. The first-order valence-corrected chi connectivity index (χ1v) is 12.6. The number of hydrogen-bond donors (Lipinski definition) is 0. The lowest BCUT2D eigenvalue weighted by atomic mass is 9.96. The van der Waals surface area contributed by atoms with Crippen LogP contribution in [0.25, 0.3) is 5.57 Å². The molecule has 1 aromatic heterocycles. The van der Waals surface area contributed by atoms with Gasteiger partial charge >= 0.3 is 23.9 Å². The number of aromatic nitrogens is 1. The molecule has 3 heterocycles. The van der Waals surface area contributed by atoms with Crippen LogP contribution in [0.2, 0.25) is 0 Å². The third-order valence-corrected chi connectivity index (χ3v) is 6.91. The average molecular weight is 567 g/mol. The summed E-state index contributed by atoms with van der Waals surface area (Å²) in [6, 6.07) is 5.24. The maximum absolute atomic E-state index is 13.7. The van der Waals surface area contributed by atoms with Crippen molar-refractivity contribution in [3.63, 3.8) is 0 Å². The third kappa shape index (κ3) is 6.74. The fourth-order valence-electron chi connectivity index (χ4n) is 3.94. The molecular formula is C24H26N2O10S2.